The van der Waals surface area contributed by atoms with Gasteiger partial charge in [-0.25, -0.2) is 15.0 Å². The number of pyridine rings is 1. The molecule has 3 heterocycles. The lowest BCUT2D eigenvalue weighted by molar-refractivity contribution is -0.383. The maximum Gasteiger partial charge on any atom is 0.353 e. The van der Waals surface area contributed by atoms with Gasteiger partial charge in [-0.05, 0) is 24.3 Å². The molecular formula is C16H11N7O2S. The van der Waals surface area contributed by atoms with E-state index in [1.165, 1.54) is 17.7 Å². The summed E-state index contributed by atoms with van der Waals surface area (Å²) in [6, 6.07) is 11.1. The Labute approximate surface area is 150 Å². The fourth-order valence-corrected chi connectivity index (χ4v) is 3.20. The summed E-state index contributed by atoms with van der Waals surface area (Å²) in [4.78, 5) is 27.5. The van der Waals surface area contributed by atoms with Gasteiger partial charge >= 0.3 is 5.69 Å². The lowest BCUT2D eigenvalue weighted by Gasteiger charge is -2.08. The van der Waals surface area contributed by atoms with Crippen molar-refractivity contribution < 1.29 is 4.92 Å². The summed E-state index contributed by atoms with van der Waals surface area (Å²) in [5, 5.41) is 17.9. The number of nitrogens with one attached hydrogen (secondary N) is 2. The second-order valence-electron chi connectivity index (χ2n) is 5.16. The van der Waals surface area contributed by atoms with Gasteiger partial charge in [-0.15, -0.1) is 0 Å². The number of thiazole rings is 1. The minimum Gasteiger partial charge on any atom is -0.333 e. The molecule has 0 bridgehead atoms. The predicted octanol–water partition coefficient (Wildman–Crippen LogP) is 3.88. The van der Waals surface area contributed by atoms with Gasteiger partial charge in [0.2, 0.25) is 11.6 Å². The van der Waals surface area contributed by atoms with E-state index in [1.54, 1.807) is 24.5 Å². The number of nitrogens with zero attached hydrogens (tertiary/aromatic N) is 5. The molecule has 0 aliphatic heterocycles. The Balaban J connectivity index is 1.71. The van der Waals surface area contributed by atoms with E-state index in [0.717, 1.165) is 10.2 Å². The number of rotatable bonds is 5. The van der Waals surface area contributed by atoms with E-state index in [-0.39, 0.29) is 17.3 Å². The summed E-state index contributed by atoms with van der Waals surface area (Å²) in [6.07, 6.45) is 4.41. The van der Waals surface area contributed by atoms with Crippen molar-refractivity contribution in [3.8, 4) is 0 Å². The van der Waals surface area contributed by atoms with Crippen LogP contribution in [0.5, 0.6) is 0 Å². The molecule has 0 saturated carbocycles. The van der Waals surface area contributed by atoms with Crippen molar-refractivity contribution in [1.29, 1.82) is 0 Å². The quantitative estimate of drug-likeness (QED) is 0.404. The average Bonchev–Trinajstić information content (AvgIpc) is 3.05. The summed E-state index contributed by atoms with van der Waals surface area (Å²) in [6.45, 7) is 0. The van der Waals surface area contributed by atoms with Gasteiger partial charge in [0.05, 0.1) is 27.0 Å². The number of para-hydroxylation sites is 1. The van der Waals surface area contributed by atoms with Crippen molar-refractivity contribution in [3.63, 3.8) is 0 Å². The Morgan fingerprint density at radius 1 is 1.04 bits per heavy atom. The molecule has 4 rings (SSSR count). The zero-order valence-corrected chi connectivity index (χ0v) is 14.0. The molecule has 9 nitrogen and oxygen atoms in total. The summed E-state index contributed by atoms with van der Waals surface area (Å²) in [5.41, 5.74) is 1.13. The van der Waals surface area contributed by atoms with Crippen LogP contribution in [0.4, 0.5) is 28.1 Å². The number of benzene rings is 1. The highest BCUT2D eigenvalue weighted by atomic mass is 32.1. The van der Waals surface area contributed by atoms with Gasteiger partial charge in [-0.1, -0.05) is 23.5 Å². The number of hydrogen-bond donors (Lipinski definition) is 2. The summed E-state index contributed by atoms with van der Waals surface area (Å²) in [7, 11) is 0. The van der Waals surface area contributed by atoms with E-state index in [0.29, 0.717) is 10.8 Å². The molecule has 1 aromatic carbocycles. The molecule has 10 heteroatoms. The van der Waals surface area contributed by atoms with E-state index in [2.05, 4.69) is 30.6 Å². The number of anilines is 4. The maximum atomic E-state index is 11.6. The molecule has 3 aromatic heterocycles. The number of aromatic nitrogens is 4. The molecule has 2 N–H and O–H groups in total. The van der Waals surface area contributed by atoms with Crippen LogP contribution < -0.4 is 10.6 Å². The molecule has 0 atom stereocenters. The van der Waals surface area contributed by atoms with Crippen LogP contribution in [0.2, 0.25) is 0 Å². The number of fused-ring (bicyclic) bond motifs is 1. The van der Waals surface area contributed by atoms with Crippen LogP contribution in [0.3, 0.4) is 0 Å². The zero-order chi connectivity index (χ0) is 17.9. The molecule has 0 unspecified atom stereocenters. The second kappa shape index (κ2) is 6.69. The minimum absolute atomic E-state index is 0.0652. The first kappa shape index (κ1) is 15.8. The third-order valence-corrected chi connectivity index (χ3v) is 4.40. The lowest BCUT2D eigenvalue weighted by atomic mass is 10.3. The van der Waals surface area contributed by atoms with Gasteiger partial charge in [-0.2, -0.15) is 0 Å². The van der Waals surface area contributed by atoms with Crippen molar-refractivity contribution in [2.24, 2.45) is 0 Å². The molecule has 128 valence electrons. The van der Waals surface area contributed by atoms with Gasteiger partial charge in [0.25, 0.3) is 0 Å². The molecule has 0 amide bonds. The topological polar surface area (TPSA) is 119 Å². The van der Waals surface area contributed by atoms with Crippen LogP contribution >= 0.6 is 11.3 Å². The van der Waals surface area contributed by atoms with Crippen molar-refractivity contribution in [2.75, 3.05) is 10.6 Å². The third-order valence-electron chi connectivity index (χ3n) is 3.45. The van der Waals surface area contributed by atoms with Gasteiger partial charge in [0.15, 0.2) is 5.13 Å². The van der Waals surface area contributed by atoms with Crippen molar-refractivity contribution in [1.82, 2.24) is 19.9 Å². The predicted molar refractivity (Wildman–Crippen MR) is 99.1 cm³/mol. The summed E-state index contributed by atoms with van der Waals surface area (Å²) >= 11 is 1.39. The van der Waals surface area contributed by atoms with Crippen LogP contribution in [-0.4, -0.2) is 24.9 Å². The Morgan fingerprint density at radius 2 is 1.85 bits per heavy atom. The fraction of sp³-hybridized carbons (Fsp3) is 0. The Hall–Kier alpha value is -3.66. The van der Waals surface area contributed by atoms with Crippen LogP contribution in [0, 0.1) is 10.1 Å². The Kier molecular flexibility index (Phi) is 4.07. The first-order valence-corrected chi connectivity index (χ1v) is 8.31. The third kappa shape index (κ3) is 3.13. The highest BCUT2D eigenvalue weighted by molar-refractivity contribution is 7.22. The number of nitro groups is 1. The molecular weight excluding hydrogens is 354 g/mol. The van der Waals surface area contributed by atoms with Gasteiger partial charge in [-0.3, -0.25) is 15.1 Å². The largest absolute Gasteiger partial charge is 0.353 e. The van der Waals surface area contributed by atoms with Crippen LogP contribution in [0.25, 0.3) is 10.2 Å². The average molecular weight is 365 g/mol. The van der Waals surface area contributed by atoms with Crippen molar-refractivity contribution in [3.05, 3.63) is 65.2 Å². The van der Waals surface area contributed by atoms with Gasteiger partial charge in [0.1, 0.15) is 6.33 Å². The molecule has 0 saturated heterocycles. The normalized spacial score (nSPS) is 10.6. The molecule has 0 aliphatic rings. The van der Waals surface area contributed by atoms with Crippen LogP contribution in [0.1, 0.15) is 0 Å². The van der Waals surface area contributed by atoms with Gasteiger partial charge < -0.3 is 10.6 Å². The van der Waals surface area contributed by atoms with E-state index in [1.807, 2.05) is 24.3 Å². The second-order valence-corrected chi connectivity index (χ2v) is 6.19. The summed E-state index contributed by atoms with van der Waals surface area (Å²) in [5.74, 6) is 0.136. The molecule has 0 aliphatic carbocycles. The fourth-order valence-electron chi connectivity index (χ4n) is 2.34. The monoisotopic (exact) mass is 365 g/mol. The van der Waals surface area contributed by atoms with Crippen molar-refractivity contribution >= 4 is 49.7 Å². The maximum absolute atomic E-state index is 11.6. The smallest absolute Gasteiger partial charge is 0.333 e. The molecule has 0 radical (unpaired) electrons. The van der Waals surface area contributed by atoms with E-state index < -0.39 is 4.92 Å². The minimum atomic E-state index is -0.533. The molecule has 26 heavy (non-hydrogen) atoms. The zero-order valence-electron chi connectivity index (χ0n) is 13.2. The SMILES string of the molecule is O=[N+]([O-])c1c(Nc2cccnc2)ncnc1Nc1nc2ccccc2s1. The molecule has 0 spiro atoms. The Morgan fingerprint density at radius 3 is 2.58 bits per heavy atom. The van der Waals surface area contributed by atoms with Crippen molar-refractivity contribution in [2.45, 2.75) is 0 Å². The number of hydrogen-bond acceptors (Lipinski definition) is 9. The first-order chi connectivity index (χ1) is 12.7. The highest BCUT2D eigenvalue weighted by Gasteiger charge is 2.24. The first-order valence-electron chi connectivity index (χ1n) is 7.50. The molecule has 0 fully saturated rings. The Bertz CT molecular complexity index is 1050. The lowest BCUT2D eigenvalue weighted by Crippen LogP contribution is -2.05. The van der Waals surface area contributed by atoms with E-state index >= 15 is 0 Å². The van der Waals surface area contributed by atoms with Gasteiger partial charge in [0, 0.05) is 6.20 Å². The highest BCUT2D eigenvalue weighted by Crippen LogP contribution is 2.34. The van der Waals surface area contributed by atoms with Crippen LogP contribution in [-0.2, 0) is 0 Å². The van der Waals surface area contributed by atoms with E-state index in [4.69, 9.17) is 0 Å². The standard InChI is InChI=1S/C16H11N7O2S/c24-23(25)13-14(20-10-4-3-7-17-8-10)18-9-19-15(13)22-16-21-11-5-1-2-6-12(11)26-16/h1-9H,(H2,18,19,20,21,22). The van der Waals surface area contributed by atoms with Crippen LogP contribution in [0.15, 0.2) is 55.1 Å². The summed E-state index contributed by atoms with van der Waals surface area (Å²) < 4.78 is 0.973. The van der Waals surface area contributed by atoms with E-state index in [9.17, 15) is 10.1 Å². The molecule has 4 aromatic rings.